The molecule has 1 aliphatic rings. The second-order valence-electron chi connectivity index (χ2n) is 7.41. The van der Waals surface area contributed by atoms with Crippen LogP contribution in [0.2, 0.25) is 0 Å². The van der Waals surface area contributed by atoms with Crippen molar-refractivity contribution in [1.82, 2.24) is 20.4 Å². The predicted octanol–water partition coefficient (Wildman–Crippen LogP) is 3.01. The quantitative estimate of drug-likeness (QED) is 0.668. The molecule has 5 heteroatoms. The average molecular weight is 374 g/mol. The molecule has 1 aromatic heterocycles. The van der Waals surface area contributed by atoms with Gasteiger partial charge in [-0.25, -0.2) is 0 Å². The summed E-state index contributed by atoms with van der Waals surface area (Å²) in [7, 11) is 0. The van der Waals surface area contributed by atoms with Crippen molar-refractivity contribution in [2.45, 2.75) is 25.9 Å². The van der Waals surface area contributed by atoms with Gasteiger partial charge in [-0.2, -0.15) is 5.10 Å². The minimum atomic E-state index is -0.0389. The van der Waals surface area contributed by atoms with Gasteiger partial charge in [0, 0.05) is 24.5 Å². The highest BCUT2D eigenvalue weighted by Gasteiger charge is 2.15. The Morgan fingerprint density at radius 2 is 1.93 bits per heavy atom. The Balaban J connectivity index is 1.35. The first kappa shape index (κ1) is 18.4. The van der Waals surface area contributed by atoms with Crippen LogP contribution in [0.1, 0.15) is 33.5 Å². The molecule has 1 fully saturated rings. The number of aromatic nitrogens is 2. The van der Waals surface area contributed by atoms with Crippen molar-refractivity contribution in [3.63, 3.8) is 0 Å². The van der Waals surface area contributed by atoms with Crippen LogP contribution in [0.4, 0.5) is 0 Å². The molecule has 2 N–H and O–H groups in total. The summed E-state index contributed by atoms with van der Waals surface area (Å²) in [6, 6.07) is 18.1. The monoisotopic (exact) mass is 374 g/mol. The Morgan fingerprint density at radius 3 is 2.64 bits per heavy atom. The second kappa shape index (κ2) is 8.85. The molecule has 0 bridgehead atoms. The maximum atomic E-state index is 12.6. The lowest BCUT2D eigenvalue weighted by Crippen LogP contribution is -2.23. The summed E-state index contributed by atoms with van der Waals surface area (Å²) in [6.07, 6.45) is 6.03. The highest BCUT2D eigenvalue weighted by atomic mass is 16.1. The van der Waals surface area contributed by atoms with Gasteiger partial charge in [-0.1, -0.05) is 36.4 Å². The van der Waals surface area contributed by atoms with Crippen molar-refractivity contribution in [1.29, 1.82) is 0 Å². The zero-order valence-corrected chi connectivity index (χ0v) is 16.0. The normalized spacial score (nSPS) is 16.2. The number of nitrogens with one attached hydrogen (secondary N) is 2. The summed E-state index contributed by atoms with van der Waals surface area (Å²) >= 11 is 0. The van der Waals surface area contributed by atoms with Crippen LogP contribution in [0.15, 0.2) is 67.0 Å². The van der Waals surface area contributed by atoms with Crippen molar-refractivity contribution < 1.29 is 4.79 Å². The lowest BCUT2D eigenvalue weighted by Gasteiger charge is -2.12. The maximum Gasteiger partial charge on any atom is 0.251 e. The number of amides is 1. The summed E-state index contributed by atoms with van der Waals surface area (Å²) in [4.78, 5) is 12.6. The van der Waals surface area contributed by atoms with E-state index in [1.54, 1.807) is 6.20 Å². The van der Waals surface area contributed by atoms with E-state index in [1.807, 2.05) is 41.2 Å². The topological polar surface area (TPSA) is 59.0 Å². The second-order valence-corrected chi connectivity index (χ2v) is 7.41. The van der Waals surface area contributed by atoms with Gasteiger partial charge in [-0.05, 0) is 66.7 Å². The first-order valence-corrected chi connectivity index (χ1v) is 9.90. The minimum Gasteiger partial charge on any atom is -0.348 e. The molecule has 1 saturated heterocycles. The zero-order valence-electron chi connectivity index (χ0n) is 16.0. The van der Waals surface area contributed by atoms with Crippen molar-refractivity contribution in [2.24, 2.45) is 5.92 Å². The molecule has 0 aliphatic carbocycles. The van der Waals surface area contributed by atoms with E-state index in [0.717, 1.165) is 30.6 Å². The number of nitrogens with zero attached hydrogens (tertiary/aromatic N) is 2. The molecule has 0 spiro atoms. The van der Waals surface area contributed by atoms with Gasteiger partial charge in [0.15, 0.2) is 0 Å². The molecule has 28 heavy (non-hydrogen) atoms. The van der Waals surface area contributed by atoms with Crippen molar-refractivity contribution in [3.05, 3.63) is 89.2 Å². The van der Waals surface area contributed by atoms with Gasteiger partial charge in [-0.15, -0.1) is 0 Å². The van der Waals surface area contributed by atoms with Gasteiger partial charge in [-0.3, -0.25) is 9.48 Å². The molecule has 3 aromatic rings. The van der Waals surface area contributed by atoms with Crippen molar-refractivity contribution in [2.75, 3.05) is 13.1 Å². The average Bonchev–Trinajstić information content (AvgIpc) is 3.42. The third kappa shape index (κ3) is 4.67. The van der Waals surface area contributed by atoms with Crippen molar-refractivity contribution >= 4 is 5.91 Å². The Labute approximate surface area is 165 Å². The molecular formula is C23H26N4O. The van der Waals surface area contributed by atoms with E-state index >= 15 is 0 Å². The maximum absolute atomic E-state index is 12.6. The van der Waals surface area contributed by atoms with Crippen LogP contribution in [0, 0.1) is 5.92 Å². The van der Waals surface area contributed by atoms with E-state index in [4.69, 9.17) is 0 Å². The first-order chi connectivity index (χ1) is 13.8. The number of hydrogen-bond acceptors (Lipinski definition) is 3. The van der Waals surface area contributed by atoms with E-state index in [1.165, 1.54) is 12.0 Å². The smallest absolute Gasteiger partial charge is 0.251 e. The minimum absolute atomic E-state index is 0.0389. The van der Waals surface area contributed by atoms with Gasteiger partial charge >= 0.3 is 0 Å². The largest absolute Gasteiger partial charge is 0.348 e. The molecule has 1 amide bonds. The van der Waals surface area contributed by atoms with Crippen LogP contribution in [0.25, 0.3) is 0 Å². The molecule has 2 aromatic carbocycles. The zero-order chi connectivity index (χ0) is 19.2. The van der Waals surface area contributed by atoms with E-state index in [-0.39, 0.29) is 5.91 Å². The summed E-state index contributed by atoms with van der Waals surface area (Å²) in [6.45, 7) is 3.42. The van der Waals surface area contributed by atoms with Crippen LogP contribution in [-0.4, -0.2) is 28.8 Å². The van der Waals surface area contributed by atoms with Gasteiger partial charge < -0.3 is 10.6 Å². The number of carbonyl (C=O) groups is 1. The van der Waals surface area contributed by atoms with Crippen LogP contribution in [0.5, 0.6) is 0 Å². The molecule has 5 nitrogen and oxygen atoms in total. The molecule has 4 rings (SSSR count). The summed E-state index contributed by atoms with van der Waals surface area (Å²) in [5, 5.41) is 10.7. The Morgan fingerprint density at radius 1 is 1.11 bits per heavy atom. The van der Waals surface area contributed by atoms with E-state index < -0.39 is 0 Å². The summed E-state index contributed by atoms with van der Waals surface area (Å²) in [5.74, 6) is 0.675. The fourth-order valence-corrected chi connectivity index (χ4v) is 3.74. The van der Waals surface area contributed by atoms with E-state index in [0.29, 0.717) is 24.6 Å². The number of carbonyl (C=O) groups excluding carboxylic acids is 1. The molecular weight excluding hydrogens is 348 g/mol. The lowest BCUT2D eigenvalue weighted by molar-refractivity contribution is 0.0951. The summed E-state index contributed by atoms with van der Waals surface area (Å²) < 4.78 is 1.89. The SMILES string of the molecule is O=C(NCc1ccccc1Cn1cccn1)c1ccc(CC2CCNC2)cc1. The highest BCUT2D eigenvalue weighted by Crippen LogP contribution is 2.16. The third-order valence-electron chi connectivity index (χ3n) is 5.35. The lowest BCUT2D eigenvalue weighted by atomic mass is 9.98. The highest BCUT2D eigenvalue weighted by molar-refractivity contribution is 5.94. The van der Waals surface area contributed by atoms with Gasteiger partial charge in [0.25, 0.3) is 5.91 Å². The third-order valence-corrected chi connectivity index (χ3v) is 5.35. The molecule has 1 unspecified atom stereocenters. The van der Waals surface area contributed by atoms with Crippen LogP contribution < -0.4 is 10.6 Å². The van der Waals surface area contributed by atoms with E-state index in [2.05, 4.69) is 40.0 Å². The van der Waals surface area contributed by atoms with Crippen LogP contribution in [-0.2, 0) is 19.5 Å². The van der Waals surface area contributed by atoms with Gasteiger partial charge in [0.05, 0.1) is 6.54 Å². The Bertz CT molecular complexity index is 897. The number of benzene rings is 2. The Kier molecular flexibility index (Phi) is 5.83. The van der Waals surface area contributed by atoms with Crippen LogP contribution >= 0.6 is 0 Å². The number of rotatable bonds is 7. The van der Waals surface area contributed by atoms with Gasteiger partial charge in [0.1, 0.15) is 0 Å². The summed E-state index contributed by atoms with van der Waals surface area (Å²) in [5.41, 5.74) is 4.27. The first-order valence-electron chi connectivity index (χ1n) is 9.90. The molecule has 0 saturated carbocycles. The molecule has 2 heterocycles. The molecule has 144 valence electrons. The molecule has 1 atom stereocenters. The predicted molar refractivity (Wildman–Crippen MR) is 110 cm³/mol. The van der Waals surface area contributed by atoms with Gasteiger partial charge in [0.2, 0.25) is 0 Å². The molecule has 0 radical (unpaired) electrons. The fraction of sp³-hybridized carbons (Fsp3) is 0.304. The molecule has 1 aliphatic heterocycles. The fourth-order valence-electron chi connectivity index (χ4n) is 3.74. The van der Waals surface area contributed by atoms with Crippen molar-refractivity contribution in [3.8, 4) is 0 Å². The standard InChI is InChI=1S/C23H26N4O/c28-23(20-8-6-18(7-9-20)14-19-10-12-24-15-19)25-16-21-4-1-2-5-22(21)17-27-13-3-11-26-27/h1-9,11,13,19,24H,10,12,14-17H2,(H,25,28). The number of hydrogen-bond donors (Lipinski definition) is 2. The Hall–Kier alpha value is -2.92. The van der Waals surface area contributed by atoms with E-state index in [9.17, 15) is 4.79 Å². The van der Waals surface area contributed by atoms with Crippen LogP contribution in [0.3, 0.4) is 0 Å².